The fourth-order valence-corrected chi connectivity index (χ4v) is 2.26. The van der Waals surface area contributed by atoms with Crippen molar-refractivity contribution in [1.29, 1.82) is 0 Å². The maximum absolute atomic E-state index is 5.60. The molecule has 0 unspecified atom stereocenters. The molecule has 0 spiro atoms. The SMILES string of the molecule is CCCOCCn1c(CNC)cc2ccccc21. The molecule has 1 N–H and O–H groups in total. The highest BCUT2D eigenvalue weighted by atomic mass is 16.5. The van der Waals surface area contributed by atoms with Crippen molar-refractivity contribution in [3.63, 3.8) is 0 Å². The van der Waals surface area contributed by atoms with Crippen LogP contribution >= 0.6 is 0 Å². The van der Waals surface area contributed by atoms with Gasteiger partial charge in [0.15, 0.2) is 0 Å². The van der Waals surface area contributed by atoms with E-state index in [1.54, 1.807) is 0 Å². The molecule has 0 fully saturated rings. The van der Waals surface area contributed by atoms with Crippen LogP contribution in [0.2, 0.25) is 0 Å². The Morgan fingerprint density at radius 3 is 2.83 bits per heavy atom. The lowest BCUT2D eigenvalue weighted by Crippen LogP contribution is -2.14. The summed E-state index contributed by atoms with van der Waals surface area (Å²) in [6.45, 7) is 5.58. The van der Waals surface area contributed by atoms with Gasteiger partial charge >= 0.3 is 0 Å². The largest absolute Gasteiger partial charge is 0.380 e. The van der Waals surface area contributed by atoms with E-state index >= 15 is 0 Å². The number of fused-ring (bicyclic) bond motifs is 1. The highest BCUT2D eigenvalue weighted by Gasteiger charge is 2.07. The van der Waals surface area contributed by atoms with E-state index in [0.29, 0.717) is 0 Å². The van der Waals surface area contributed by atoms with Gasteiger partial charge in [0.1, 0.15) is 0 Å². The lowest BCUT2D eigenvalue weighted by molar-refractivity contribution is 0.127. The molecule has 18 heavy (non-hydrogen) atoms. The summed E-state index contributed by atoms with van der Waals surface area (Å²) in [5, 5.41) is 4.53. The Labute approximate surface area is 109 Å². The summed E-state index contributed by atoms with van der Waals surface area (Å²) in [6, 6.07) is 10.8. The van der Waals surface area contributed by atoms with Gasteiger partial charge in [0.05, 0.1) is 6.61 Å². The average molecular weight is 246 g/mol. The summed E-state index contributed by atoms with van der Waals surface area (Å²) in [4.78, 5) is 0. The standard InChI is InChI=1S/C15H22N2O/c1-3-9-18-10-8-17-14(12-16-2)11-13-6-4-5-7-15(13)17/h4-7,11,16H,3,8-10,12H2,1-2H3. The van der Waals surface area contributed by atoms with Crippen molar-refractivity contribution in [1.82, 2.24) is 9.88 Å². The number of para-hydroxylation sites is 1. The maximum Gasteiger partial charge on any atom is 0.0645 e. The van der Waals surface area contributed by atoms with Crippen LogP contribution in [0.4, 0.5) is 0 Å². The summed E-state index contributed by atoms with van der Waals surface area (Å²) in [5.41, 5.74) is 2.61. The molecule has 2 rings (SSSR count). The Bertz CT molecular complexity index is 490. The van der Waals surface area contributed by atoms with Gasteiger partial charge in [-0.15, -0.1) is 0 Å². The molecule has 0 aliphatic rings. The number of hydrogen-bond acceptors (Lipinski definition) is 2. The summed E-state index contributed by atoms with van der Waals surface area (Å²) in [5.74, 6) is 0. The number of nitrogens with one attached hydrogen (secondary N) is 1. The molecule has 3 heteroatoms. The first-order valence-corrected chi connectivity index (χ1v) is 6.66. The van der Waals surface area contributed by atoms with Gasteiger partial charge in [-0.3, -0.25) is 0 Å². The van der Waals surface area contributed by atoms with Gasteiger partial charge in [0.2, 0.25) is 0 Å². The number of rotatable bonds is 7. The third-order valence-corrected chi connectivity index (χ3v) is 3.06. The van der Waals surface area contributed by atoms with Crippen molar-refractivity contribution in [3.8, 4) is 0 Å². The highest BCUT2D eigenvalue weighted by Crippen LogP contribution is 2.19. The minimum Gasteiger partial charge on any atom is -0.380 e. The number of ether oxygens (including phenoxy) is 1. The summed E-state index contributed by atoms with van der Waals surface area (Å²) in [7, 11) is 1.98. The number of hydrogen-bond donors (Lipinski definition) is 1. The van der Waals surface area contributed by atoms with Crippen molar-refractivity contribution in [3.05, 3.63) is 36.0 Å². The molecule has 0 aliphatic carbocycles. The van der Waals surface area contributed by atoms with E-state index < -0.39 is 0 Å². The van der Waals surface area contributed by atoms with Crippen LogP contribution in [-0.4, -0.2) is 24.8 Å². The second-order valence-corrected chi connectivity index (χ2v) is 4.49. The number of nitrogens with zero attached hydrogens (tertiary/aromatic N) is 1. The van der Waals surface area contributed by atoms with Crippen LogP contribution in [0.1, 0.15) is 19.0 Å². The van der Waals surface area contributed by atoms with Crippen LogP contribution in [0.15, 0.2) is 30.3 Å². The third-order valence-electron chi connectivity index (χ3n) is 3.06. The molecule has 1 heterocycles. The summed E-state index contributed by atoms with van der Waals surface area (Å²) >= 11 is 0. The first kappa shape index (κ1) is 13.1. The van der Waals surface area contributed by atoms with E-state index in [1.165, 1.54) is 16.6 Å². The molecule has 98 valence electrons. The number of aromatic nitrogens is 1. The highest BCUT2D eigenvalue weighted by molar-refractivity contribution is 5.81. The van der Waals surface area contributed by atoms with Crippen LogP contribution in [0.3, 0.4) is 0 Å². The zero-order chi connectivity index (χ0) is 12.8. The monoisotopic (exact) mass is 246 g/mol. The molecule has 0 saturated carbocycles. The van der Waals surface area contributed by atoms with E-state index in [-0.39, 0.29) is 0 Å². The molecular formula is C15H22N2O. The molecule has 0 bridgehead atoms. The van der Waals surface area contributed by atoms with Gasteiger partial charge < -0.3 is 14.6 Å². The second-order valence-electron chi connectivity index (χ2n) is 4.49. The molecule has 1 aromatic heterocycles. The molecule has 0 saturated heterocycles. The van der Waals surface area contributed by atoms with Crippen molar-refractivity contribution in [2.24, 2.45) is 0 Å². The molecule has 0 aliphatic heterocycles. The van der Waals surface area contributed by atoms with E-state index in [1.807, 2.05) is 7.05 Å². The van der Waals surface area contributed by atoms with E-state index in [4.69, 9.17) is 4.74 Å². The molecule has 3 nitrogen and oxygen atoms in total. The molecule has 0 atom stereocenters. The smallest absolute Gasteiger partial charge is 0.0645 e. The predicted molar refractivity (Wildman–Crippen MR) is 75.8 cm³/mol. The second kappa shape index (κ2) is 6.57. The Balaban J connectivity index is 2.19. The van der Waals surface area contributed by atoms with E-state index in [2.05, 4.69) is 47.1 Å². The zero-order valence-electron chi connectivity index (χ0n) is 11.3. The average Bonchev–Trinajstić information content (AvgIpc) is 2.73. The topological polar surface area (TPSA) is 26.2 Å². The predicted octanol–water partition coefficient (Wildman–Crippen LogP) is 2.79. The lowest BCUT2D eigenvalue weighted by atomic mass is 10.2. The first-order valence-electron chi connectivity index (χ1n) is 6.66. The van der Waals surface area contributed by atoms with Crippen LogP contribution in [-0.2, 0) is 17.8 Å². The fourth-order valence-electron chi connectivity index (χ4n) is 2.26. The summed E-state index contributed by atoms with van der Waals surface area (Å²) < 4.78 is 7.95. The molecule has 0 amide bonds. The van der Waals surface area contributed by atoms with Gasteiger partial charge in [0, 0.05) is 30.9 Å². The van der Waals surface area contributed by atoms with Crippen molar-refractivity contribution < 1.29 is 4.74 Å². The van der Waals surface area contributed by atoms with Gasteiger partial charge in [-0.1, -0.05) is 25.1 Å². The van der Waals surface area contributed by atoms with Crippen molar-refractivity contribution in [2.45, 2.75) is 26.4 Å². The maximum atomic E-state index is 5.60. The van der Waals surface area contributed by atoms with Gasteiger partial charge in [-0.2, -0.15) is 0 Å². The molecular weight excluding hydrogens is 224 g/mol. The summed E-state index contributed by atoms with van der Waals surface area (Å²) in [6.07, 6.45) is 1.08. The molecule has 1 aromatic carbocycles. The van der Waals surface area contributed by atoms with Crippen LogP contribution < -0.4 is 5.32 Å². The van der Waals surface area contributed by atoms with Gasteiger partial charge in [-0.05, 0) is 31.0 Å². The Kier molecular flexibility index (Phi) is 4.79. The molecule has 0 radical (unpaired) electrons. The fraction of sp³-hybridized carbons (Fsp3) is 0.467. The van der Waals surface area contributed by atoms with E-state index in [9.17, 15) is 0 Å². The quantitative estimate of drug-likeness (QED) is 0.760. The Morgan fingerprint density at radius 1 is 1.22 bits per heavy atom. The van der Waals surface area contributed by atoms with Crippen molar-refractivity contribution >= 4 is 10.9 Å². The van der Waals surface area contributed by atoms with Crippen molar-refractivity contribution in [2.75, 3.05) is 20.3 Å². The molecule has 2 aromatic rings. The van der Waals surface area contributed by atoms with E-state index in [0.717, 1.165) is 32.7 Å². The van der Waals surface area contributed by atoms with Gasteiger partial charge in [0.25, 0.3) is 0 Å². The lowest BCUT2D eigenvalue weighted by Gasteiger charge is -2.10. The number of benzene rings is 1. The minimum atomic E-state index is 0.781. The van der Waals surface area contributed by atoms with Gasteiger partial charge in [-0.25, -0.2) is 0 Å². The minimum absolute atomic E-state index is 0.781. The van der Waals surface area contributed by atoms with Crippen LogP contribution in [0.5, 0.6) is 0 Å². The van der Waals surface area contributed by atoms with Crippen LogP contribution in [0.25, 0.3) is 10.9 Å². The Hall–Kier alpha value is -1.32. The Morgan fingerprint density at radius 2 is 2.06 bits per heavy atom. The normalized spacial score (nSPS) is 11.2. The first-order chi connectivity index (χ1) is 8.86. The van der Waals surface area contributed by atoms with Crippen LogP contribution in [0, 0.1) is 0 Å². The zero-order valence-corrected chi connectivity index (χ0v) is 11.3. The third kappa shape index (κ3) is 2.92.